The average molecular weight is 373 g/mol. The lowest BCUT2D eigenvalue weighted by Gasteiger charge is -2.28. The zero-order chi connectivity index (χ0) is 20.5. The Morgan fingerprint density at radius 2 is 1.15 bits per heavy atom. The molecule has 1 nitrogen and oxygen atoms in total. The van der Waals surface area contributed by atoms with E-state index in [1.807, 2.05) is 6.08 Å². The molecule has 1 heteroatoms. The number of allylic oxidation sites excluding steroid dienone is 1. The minimum atomic E-state index is -0.0360. The van der Waals surface area contributed by atoms with Gasteiger partial charge in [0.25, 0.3) is 0 Å². The third-order valence-corrected chi connectivity index (χ3v) is 5.41. The first-order valence-electron chi connectivity index (χ1n) is 11.0. The normalized spacial score (nSPS) is 12.4. The van der Waals surface area contributed by atoms with Crippen LogP contribution in [0.2, 0.25) is 0 Å². The van der Waals surface area contributed by atoms with Crippen LogP contribution in [0.4, 0.5) is 0 Å². The molecular weight excluding hydrogens is 328 g/mol. The molecule has 154 valence electrons. The minimum Gasteiger partial charge on any atom is -0.507 e. The summed E-state index contributed by atoms with van der Waals surface area (Å²) in [6, 6.07) is 4.48. The first-order chi connectivity index (χ1) is 12.6. The first-order valence-corrected chi connectivity index (χ1v) is 11.0. The molecule has 27 heavy (non-hydrogen) atoms. The quantitative estimate of drug-likeness (QED) is 0.306. The van der Waals surface area contributed by atoms with E-state index in [0.717, 1.165) is 17.5 Å². The van der Waals surface area contributed by atoms with Crippen molar-refractivity contribution in [2.45, 2.75) is 117 Å². The van der Waals surface area contributed by atoms with Crippen LogP contribution in [0.25, 0.3) is 0 Å². The van der Waals surface area contributed by atoms with Gasteiger partial charge in [-0.15, -0.1) is 6.58 Å². The second kappa shape index (κ2) is 10.9. The highest BCUT2D eigenvalue weighted by atomic mass is 16.3. The average Bonchev–Trinajstić information content (AvgIpc) is 2.55. The predicted molar refractivity (Wildman–Crippen MR) is 121 cm³/mol. The SMILES string of the molecule is C=CCCCCCCCCCCc1cc(C(C)(C)C)c(O)c(C(C)(C)C)c1. The maximum Gasteiger partial charge on any atom is 0.123 e. The molecule has 0 radical (unpaired) electrons. The summed E-state index contributed by atoms with van der Waals surface area (Å²) < 4.78 is 0. The summed E-state index contributed by atoms with van der Waals surface area (Å²) >= 11 is 0. The van der Waals surface area contributed by atoms with Crippen molar-refractivity contribution >= 4 is 0 Å². The number of hydrogen-bond acceptors (Lipinski definition) is 1. The zero-order valence-electron chi connectivity index (χ0n) is 19.0. The molecule has 0 unspecified atom stereocenters. The van der Waals surface area contributed by atoms with E-state index in [4.69, 9.17) is 0 Å². The molecular formula is C26H44O. The van der Waals surface area contributed by atoms with Crippen molar-refractivity contribution in [3.8, 4) is 5.75 Å². The number of aryl methyl sites for hydroxylation is 1. The van der Waals surface area contributed by atoms with E-state index in [-0.39, 0.29) is 10.8 Å². The number of benzene rings is 1. The number of phenolic OH excluding ortho intramolecular Hbond substituents is 1. The van der Waals surface area contributed by atoms with Gasteiger partial charge in [-0.25, -0.2) is 0 Å². The molecule has 1 N–H and O–H groups in total. The van der Waals surface area contributed by atoms with Gasteiger partial charge in [0, 0.05) is 0 Å². The van der Waals surface area contributed by atoms with E-state index >= 15 is 0 Å². The lowest BCUT2D eigenvalue weighted by Crippen LogP contribution is -2.18. The molecule has 0 saturated heterocycles. The van der Waals surface area contributed by atoms with Crippen LogP contribution in [-0.2, 0) is 17.3 Å². The van der Waals surface area contributed by atoms with E-state index in [2.05, 4.69) is 60.3 Å². The lowest BCUT2D eigenvalue weighted by atomic mass is 9.78. The summed E-state index contributed by atoms with van der Waals surface area (Å²) in [4.78, 5) is 0. The van der Waals surface area contributed by atoms with Gasteiger partial charge in [-0.3, -0.25) is 0 Å². The van der Waals surface area contributed by atoms with E-state index in [0.29, 0.717) is 5.75 Å². The van der Waals surface area contributed by atoms with Crippen LogP contribution in [0.1, 0.15) is 116 Å². The van der Waals surface area contributed by atoms with E-state index in [1.54, 1.807) is 0 Å². The highest BCUT2D eigenvalue weighted by Gasteiger charge is 2.26. The van der Waals surface area contributed by atoms with Crippen molar-refractivity contribution in [2.75, 3.05) is 0 Å². The molecule has 0 aromatic heterocycles. The van der Waals surface area contributed by atoms with Crippen molar-refractivity contribution in [1.29, 1.82) is 0 Å². The number of rotatable bonds is 11. The maximum atomic E-state index is 10.8. The summed E-state index contributed by atoms with van der Waals surface area (Å²) in [5.41, 5.74) is 3.48. The molecule has 1 aromatic carbocycles. The molecule has 0 spiro atoms. The summed E-state index contributed by atoms with van der Waals surface area (Å²) in [5.74, 6) is 0.496. The van der Waals surface area contributed by atoms with Crippen LogP contribution in [-0.4, -0.2) is 5.11 Å². The van der Waals surface area contributed by atoms with Gasteiger partial charge in [-0.2, -0.15) is 0 Å². The third kappa shape index (κ3) is 8.54. The summed E-state index contributed by atoms with van der Waals surface area (Å²) in [6.07, 6.45) is 15.0. The molecule has 0 atom stereocenters. The fraction of sp³-hybridized carbons (Fsp3) is 0.692. The Bertz CT molecular complexity index is 534. The Morgan fingerprint density at radius 3 is 1.56 bits per heavy atom. The Hall–Kier alpha value is -1.24. The molecule has 0 aliphatic heterocycles. The van der Waals surface area contributed by atoms with E-state index in [9.17, 15) is 5.11 Å². The number of hydrogen-bond donors (Lipinski definition) is 1. The van der Waals surface area contributed by atoms with Crippen LogP contribution in [0.5, 0.6) is 5.75 Å². The third-order valence-electron chi connectivity index (χ3n) is 5.41. The first kappa shape index (κ1) is 23.8. The van der Waals surface area contributed by atoms with Crippen molar-refractivity contribution in [3.05, 3.63) is 41.5 Å². The van der Waals surface area contributed by atoms with Crippen LogP contribution in [0, 0.1) is 0 Å². The molecule has 0 aliphatic rings. The van der Waals surface area contributed by atoms with Crippen molar-refractivity contribution in [3.63, 3.8) is 0 Å². The largest absolute Gasteiger partial charge is 0.507 e. The minimum absolute atomic E-state index is 0.0360. The highest BCUT2D eigenvalue weighted by Crippen LogP contribution is 2.40. The molecule has 0 fully saturated rings. The van der Waals surface area contributed by atoms with Gasteiger partial charge in [-0.1, -0.05) is 98.3 Å². The summed E-state index contributed by atoms with van der Waals surface area (Å²) in [5, 5.41) is 10.8. The Labute approximate surface area is 169 Å². The van der Waals surface area contributed by atoms with Crippen molar-refractivity contribution in [2.24, 2.45) is 0 Å². The molecule has 0 bridgehead atoms. The predicted octanol–water partition coefficient (Wildman–Crippen LogP) is 8.23. The molecule has 0 aliphatic carbocycles. The molecule has 1 aromatic rings. The van der Waals surface area contributed by atoms with E-state index in [1.165, 1.54) is 63.4 Å². The van der Waals surface area contributed by atoms with Gasteiger partial charge in [0.05, 0.1) is 0 Å². The fourth-order valence-electron chi connectivity index (χ4n) is 3.66. The van der Waals surface area contributed by atoms with Crippen LogP contribution in [0.3, 0.4) is 0 Å². The van der Waals surface area contributed by atoms with E-state index < -0.39 is 0 Å². The number of aromatic hydroxyl groups is 1. The smallest absolute Gasteiger partial charge is 0.123 e. The Balaban J connectivity index is 2.54. The monoisotopic (exact) mass is 372 g/mol. The second-order valence-electron chi connectivity index (χ2n) is 10.2. The number of phenols is 1. The van der Waals surface area contributed by atoms with Crippen LogP contribution >= 0.6 is 0 Å². The van der Waals surface area contributed by atoms with Gasteiger partial charge in [-0.05, 0) is 53.2 Å². The van der Waals surface area contributed by atoms with Crippen LogP contribution < -0.4 is 0 Å². The van der Waals surface area contributed by atoms with Gasteiger partial charge in [0.15, 0.2) is 0 Å². The summed E-state index contributed by atoms with van der Waals surface area (Å²) in [7, 11) is 0. The topological polar surface area (TPSA) is 20.2 Å². The summed E-state index contributed by atoms with van der Waals surface area (Å²) in [6.45, 7) is 16.9. The van der Waals surface area contributed by atoms with Crippen molar-refractivity contribution in [1.82, 2.24) is 0 Å². The number of unbranched alkanes of at least 4 members (excludes halogenated alkanes) is 8. The van der Waals surface area contributed by atoms with Gasteiger partial charge < -0.3 is 5.11 Å². The maximum absolute atomic E-state index is 10.8. The fourth-order valence-corrected chi connectivity index (χ4v) is 3.66. The Kier molecular flexibility index (Phi) is 9.63. The molecule has 0 heterocycles. The van der Waals surface area contributed by atoms with Crippen molar-refractivity contribution < 1.29 is 5.11 Å². The lowest BCUT2D eigenvalue weighted by molar-refractivity contribution is 0.422. The Morgan fingerprint density at radius 1 is 0.741 bits per heavy atom. The highest BCUT2D eigenvalue weighted by molar-refractivity contribution is 5.49. The molecule has 1 rings (SSSR count). The zero-order valence-corrected chi connectivity index (χ0v) is 19.0. The van der Waals surface area contributed by atoms with Gasteiger partial charge in [0.1, 0.15) is 5.75 Å². The van der Waals surface area contributed by atoms with Gasteiger partial charge in [0.2, 0.25) is 0 Å². The standard InChI is InChI=1S/C26H44O/c1-8-9-10-11-12-13-14-15-16-17-18-21-19-22(25(2,3)4)24(27)23(20-21)26(5,6)7/h8,19-20,27H,1,9-18H2,2-7H3. The van der Waals surface area contributed by atoms with Crippen LogP contribution in [0.15, 0.2) is 24.8 Å². The molecule has 0 amide bonds. The van der Waals surface area contributed by atoms with Gasteiger partial charge >= 0.3 is 0 Å². The second-order valence-corrected chi connectivity index (χ2v) is 10.2. The molecule has 0 saturated carbocycles.